The first-order chi connectivity index (χ1) is 11.2. The third kappa shape index (κ3) is 3.86. The van der Waals surface area contributed by atoms with E-state index >= 15 is 0 Å². The van der Waals surface area contributed by atoms with Crippen molar-refractivity contribution in [2.45, 2.75) is 5.22 Å². The van der Waals surface area contributed by atoms with E-state index in [1.165, 1.54) is 6.07 Å². The largest absolute Gasteiger partial charge is 0.506 e. The van der Waals surface area contributed by atoms with Crippen LogP contribution in [0.25, 0.3) is 11.5 Å². The Morgan fingerprint density at radius 1 is 1.22 bits per heavy atom. The molecule has 7 nitrogen and oxygen atoms in total. The van der Waals surface area contributed by atoms with Crippen LogP contribution in [0.15, 0.2) is 58.4 Å². The van der Waals surface area contributed by atoms with E-state index in [4.69, 9.17) is 4.42 Å². The number of benzene rings is 1. The second-order valence-corrected chi connectivity index (χ2v) is 5.40. The van der Waals surface area contributed by atoms with Crippen molar-refractivity contribution in [2.24, 2.45) is 0 Å². The number of phenolic OH excluding ortho intramolecular Hbond substituents is 1. The number of hydrogen-bond acceptors (Lipinski definition) is 7. The van der Waals surface area contributed by atoms with Crippen molar-refractivity contribution in [3.8, 4) is 17.2 Å². The Labute approximate surface area is 135 Å². The summed E-state index contributed by atoms with van der Waals surface area (Å²) in [5.74, 6) is 0.171. The lowest BCUT2D eigenvalue weighted by atomic mass is 10.3. The van der Waals surface area contributed by atoms with Gasteiger partial charge in [-0.3, -0.25) is 9.78 Å². The molecule has 1 aromatic carbocycles. The maximum absolute atomic E-state index is 11.9. The van der Waals surface area contributed by atoms with Crippen molar-refractivity contribution in [1.29, 1.82) is 0 Å². The lowest BCUT2D eigenvalue weighted by Crippen LogP contribution is -2.14. The molecule has 0 radical (unpaired) electrons. The number of nitrogens with zero attached hydrogens (tertiary/aromatic N) is 3. The van der Waals surface area contributed by atoms with E-state index in [2.05, 4.69) is 20.5 Å². The first-order valence-corrected chi connectivity index (χ1v) is 7.65. The van der Waals surface area contributed by atoms with Crippen LogP contribution in [-0.2, 0) is 4.79 Å². The van der Waals surface area contributed by atoms with E-state index in [-0.39, 0.29) is 22.6 Å². The molecule has 3 rings (SSSR count). The van der Waals surface area contributed by atoms with Crippen molar-refractivity contribution < 1.29 is 14.3 Å². The van der Waals surface area contributed by atoms with Crippen molar-refractivity contribution in [3.05, 3.63) is 48.8 Å². The van der Waals surface area contributed by atoms with E-state index in [9.17, 15) is 9.90 Å². The minimum atomic E-state index is -0.280. The fraction of sp³-hybridized carbons (Fsp3) is 0.0667. The number of pyridine rings is 1. The minimum absolute atomic E-state index is 0.0162. The zero-order valence-electron chi connectivity index (χ0n) is 11.8. The number of anilines is 1. The van der Waals surface area contributed by atoms with Gasteiger partial charge >= 0.3 is 0 Å². The zero-order valence-corrected chi connectivity index (χ0v) is 12.7. The van der Waals surface area contributed by atoms with Gasteiger partial charge in [-0.1, -0.05) is 23.9 Å². The summed E-state index contributed by atoms with van der Waals surface area (Å²) in [6.07, 6.45) is 3.27. The Balaban J connectivity index is 1.58. The van der Waals surface area contributed by atoms with Crippen LogP contribution in [0.3, 0.4) is 0 Å². The fourth-order valence-electron chi connectivity index (χ4n) is 1.77. The second-order valence-electron chi connectivity index (χ2n) is 4.47. The minimum Gasteiger partial charge on any atom is -0.506 e. The first-order valence-electron chi connectivity index (χ1n) is 6.67. The number of aromatic nitrogens is 3. The van der Waals surface area contributed by atoms with Crippen molar-refractivity contribution >= 4 is 23.4 Å². The maximum atomic E-state index is 11.9. The van der Waals surface area contributed by atoms with Crippen LogP contribution in [-0.4, -0.2) is 31.9 Å². The van der Waals surface area contributed by atoms with Crippen molar-refractivity contribution in [3.63, 3.8) is 0 Å². The van der Waals surface area contributed by atoms with Gasteiger partial charge in [0.1, 0.15) is 5.75 Å². The first kappa shape index (κ1) is 15.0. The summed E-state index contributed by atoms with van der Waals surface area (Å²) in [6, 6.07) is 10.1. The molecule has 8 heteroatoms. The average molecular weight is 328 g/mol. The number of amides is 1. The molecule has 2 aromatic heterocycles. The quantitative estimate of drug-likeness (QED) is 0.548. The summed E-state index contributed by atoms with van der Waals surface area (Å²) >= 11 is 1.11. The van der Waals surface area contributed by atoms with E-state index in [1.54, 1.807) is 42.7 Å². The highest BCUT2D eigenvalue weighted by molar-refractivity contribution is 7.99. The van der Waals surface area contributed by atoms with Gasteiger partial charge in [-0.05, 0) is 24.3 Å². The van der Waals surface area contributed by atoms with Crippen LogP contribution < -0.4 is 5.32 Å². The molecule has 2 heterocycles. The van der Waals surface area contributed by atoms with Gasteiger partial charge < -0.3 is 14.8 Å². The third-order valence-corrected chi connectivity index (χ3v) is 3.64. The molecule has 23 heavy (non-hydrogen) atoms. The normalized spacial score (nSPS) is 10.4. The molecule has 116 valence electrons. The molecular weight excluding hydrogens is 316 g/mol. The van der Waals surface area contributed by atoms with Gasteiger partial charge in [0.25, 0.3) is 5.22 Å². The summed E-state index contributed by atoms with van der Waals surface area (Å²) < 4.78 is 5.47. The smallest absolute Gasteiger partial charge is 0.277 e. The van der Waals surface area contributed by atoms with Gasteiger partial charge in [-0.2, -0.15) is 0 Å². The molecule has 0 aliphatic rings. The number of aromatic hydroxyl groups is 1. The Bertz CT molecular complexity index is 807. The van der Waals surface area contributed by atoms with E-state index < -0.39 is 0 Å². The number of hydrogen-bond donors (Lipinski definition) is 2. The molecule has 0 atom stereocenters. The second kappa shape index (κ2) is 6.93. The SMILES string of the molecule is O=C(CSc1nnc(-c2cccnc2)o1)Nc1ccccc1O. The van der Waals surface area contributed by atoms with E-state index in [0.29, 0.717) is 17.1 Å². The monoisotopic (exact) mass is 328 g/mol. The Kier molecular flexibility index (Phi) is 4.53. The molecule has 3 aromatic rings. The zero-order chi connectivity index (χ0) is 16.1. The van der Waals surface area contributed by atoms with Gasteiger partial charge in [0.15, 0.2) is 0 Å². The Morgan fingerprint density at radius 3 is 2.87 bits per heavy atom. The van der Waals surface area contributed by atoms with E-state index in [0.717, 1.165) is 11.8 Å². The lowest BCUT2D eigenvalue weighted by Gasteiger charge is -2.05. The molecule has 0 saturated heterocycles. The van der Waals surface area contributed by atoms with Crippen molar-refractivity contribution in [2.75, 3.05) is 11.1 Å². The van der Waals surface area contributed by atoms with Gasteiger partial charge in [-0.15, -0.1) is 10.2 Å². The summed E-state index contributed by atoms with van der Waals surface area (Å²) in [7, 11) is 0. The van der Waals surface area contributed by atoms with Crippen LogP contribution in [0.5, 0.6) is 5.75 Å². The van der Waals surface area contributed by atoms with Crippen LogP contribution in [0.1, 0.15) is 0 Å². The lowest BCUT2D eigenvalue weighted by molar-refractivity contribution is -0.113. The molecule has 1 amide bonds. The van der Waals surface area contributed by atoms with Crippen LogP contribution in [0.4, 0.5) is 5.69 Å². The number of carbonyl (C=O) groups is 1. The molecule has 0 fully saturated rings. The molecule has 0 aliphatic heterocycles. The highest BCUT2D eigenvalue weighted by Gasteiger charge is 2.12. The van der Waals surface area contributed by atoms with Gasteiger partial charge in [0.2, 0.25) is 11.8 Å². The molecule has 2 N–H and O–H groups in total. The topological polar surface area (TPSA) is 101 Å². The van der Waals surface area contributed by atoms with Crippen LogP contribution in [0, 0.1) is 0 Å². The molecule has 0 aliphatic carbocycles. The highest BCUT2D eigenvalue weighted by atomic mass is 32.2. The van der Waals surface area contributed by atoms with Gasteiger partial charge in [0, 0.05) is 12.4 Å². The summed E-state index contributed by atoms with van der Waals surface area (Å²) in [4.78, 5) is 15.8. The van der Waals surface area contributed by atoms with E-state index in [1.807, 2.05) is 0 Å². The summed E-state index contributed by atoms with van der Waals surface area (Å²) in [5.41, 5.74) is 1.07. The molecule has 0 unspecified atom stereocenters. The van der Waals surface area contributed by atoms with Crippen LogP contribution in [0.2, 0.25) is 0 Å². The van der Waals surface area contributed by atoms with Crippen molar-refractivity contribution in [1.82, 2.24) is 15.2 Å². The van der Waals surface area contributed by atoms with Gasteiger partial charge in [0.05, 0.1) is 17.0 Å². The highest BCUT2D eigenvalue weighted by Crippen LogP contribution is 2.24. The molecule has 0 spiro atoms. The Hall–Kier alpha value is -2.87. The Morgan fingerprint density at radius 2 is 2.09 bits per heavy atom. The summed E-state index contributed by atoms with van der Waals surface area (Å²) in [5, 5.41) is 20.3. The number of phenols is 1. The number of para-hydroxylation sites is 2. The predicted molar refractivity (Wildman–Crippen MR) is 85.0 cm³/mol. The number of rotatable bonds is 5. The standard InChI is InChI=1S/C15H12N4O3S/c20-12-6-2-1-5-11(12)17-13(21)9-23-15-19-18-14(22-15)10-4-3-7-16-8-10/h1-8,20H,9H2,(H,17,21). The number of nitrogens with one attached hydrogen (secondary N) is 1. The number of thioether (sulfide) groups is 1. The summed E-state index contributed by atoms with van der Waals surface area (Å²) in [6.45, 7) is 0. The molecule has 0 bridgehead atoms. The maximum Gasteiger partial charge on any atom is 0.277 e. The molecule has 0 saturated carbocycles. The average Bonchev–Trinajstić information content (AvgIpc) is 3.05. The predicted octanol–water partition coefficient (Wildman–Crippen LogP) is 2.57. The third-order valence-electron chi connectivity index (χ3n) is 2.82. The fourth-order valence-corrected chi connectivity index (χ4v) is 2.33. The number of carbonyl (C=O) groups excluding carboxylic acids is 1. The molecular formula is C15H12N4O3S. The van der Waals surface area contributed by atoms with Gasteiger partial charge in [-0.25, -0.2) is 0 Å². The van der Waals surface area contributed by atoms with Crippen LogP contribution >= 0.6 is 11.8 Å².